The van der Waals surface area contributed by atoms with Crippen LogP contribution >= 0.6 is 0 Å². The summed E-state index contributed by atoms with van der Waals surface area (Å²) >= 11 is 0. The summed E-state index contributed by atoms with van der Waals surface area (Å²) < 4.78 is 7.08. The smallest absolute Gasteiger partial charge is 0.261 e. The lowest BCUT2D eigenvalue weighted by molar-refractivity contribution is 0.102. The van der Waals surface area contributed by atoms with Crippen molar-refractivity contribution >= 4 is 22.5 Å². The fraction of sp³-hybridized carbons (Fsp3) is 0.222. The molecule has 1 aliphatic carbocycles. The second kappa shape index (κ2) is 8.54. The number of nitrogens with zero attached hydrogens (tertiary/aromatic N) is 2. The summed E-state index contributed by atoms with van der Waals surface area (Å²) in [4.78, 5) is 31.2. The number of fused-ring (bicyclic) bond motifs is 1. The van der Waals surface area contributed by atoms with Gasteiger partial charge in [0.2, 0.25) is 0 Å². The van der Waals surface area contributed by atoms with Gasteiger partial charge in [-0.3, -0.25) is 14.2 Å². The first-order valence-electron chi connectivity index (χ1n) is 11.1. The molecular weight excluding hydrogens is 414 g/mol. The molecule has 1 saturated carbocycles. The number of hydrogen-bond donors (Lipinski definition) is 1. The van der Waals surface area contributed by atoms with Crippen LogP contribution in [0, 0.1) is 6.92 Å². The maximum absolute atomic E-state index is 13.6. The predicted molar refractivity (Wildman–Crippen MR) is 129 cm³/mol. The van der Waals surface area contributed by atoms with Gasteiger partial charge in [-0.1, -0.05) is 42.0 Å². The molecule has 0 unspecified atom stereocenters. The van der Waals surface area contributed by atoms with Gasteiger partial charge in [0.25, 0.3) is 11.5 Å². The zero-order chi connectivity index (χ0) is 22.9. The van der Waals surface area contributed by atoms with E-state index in [4.69, 9.17) is 9.72 Å². The first-order chi connectivity index (χ1) is 16.0. The van der Waals surface area contributed by atoms with Crippen LogP contribution in [0.1, 0.15) is 46.1 Å². The van der Waals surface area contributed by atoms with Crippen LogP contribution in [0.2, 0.25) is 0 Å². The SMILES string of the molecule is COc1ccccc1C(=O)Nc1ccc2nc(C3CC3)n(Cc3ccc(C)cc3)c(=O)c2c1. The molecule has 1 amide bonds. The molecule has 0 spiro atoms. The molecule has 1 fully saturated rings. The number of para-hydroxylation sites is 1. The molecule has 5 rings (SSSR count). The summed E-state index contributed by atoms with van der Waals surface area (Å²) in [6.07, 6.45) is 2.11. The van der Waals surface area contributed by atoms with E-state index < -0.39 is 0 Å². The second-order valence-electron chi connectivity index (χ2n) is 8.51. The molecule has 6 heteroatoms. The van der Waals surface area contributed by atoms with E-state index in [-0.39, 0.29) is 11.5 Å². The fourth-order valence-electron chi connectivity index (χ4n) is 4.03. The van der Waals surface area contributed by atoms with E-state index in [0.29, 0.717) is 40.4 Å². The van der Waals surface area contributed by atoms with Crippen molar-refractivity contribution in [2.75, 3.05) is 12.4 Å². The van der Waals surface area contributed by atoms with Gasteiger partial charge < -0.3 is 10.1 Å². The fourth-order valence-corrected chi connectivity index (χ4v) is 4.03. The first kappa shape index (κ1) is 20.9. The van der Waals surface area contributed by atoms with Crippen LogP contribution in [0.4, 0.5) is 5.69 Å². The van der Waals surface area contributed by atoms with Gasteiger partial charge in [0.05, 0.1) is 30.1 Å². The lowest BCUT2D eigenvalue weighted by Gasteiger charge is -2.14. The monoisotopic (exact) mass is 439 g/mol. The van der Waals surface area contributed by atoms with Gasteiger partial charge in [0.1, 0.15) is 11.6 Å². The molecule has 0 bridgehead atoms. The molecule has 4 aromatic rings. The Morgan fingerprint density at radius 3 is 2.58 bits per heavy atom. The number of carbonyl (C=O) groups excluding carboxylic acids is 1. The Morgan fingerprint density at radius 1 is 1.09 bits per heavy atom. The van der Waals surface area contributed by atoms with Crippen LogP contribution in [0.3, 0.4) is 0 Å². The summed E-state index contributed by atoms with van der Waals surface area (Å²) in [5.41, 5.74) is 3.78. The topological polar surface area (TPSA) is 73.2 Å². The van der Waals surface area contributed by atoms with Crippen molar-refractivity contribution in [3.8, 4) is 5.75 Å². The van der Waals surface area contributed by atoms with E-state index in [9.17, 15) is 9.59 Å². The highest BCUT2D eigenvalue weighted by Crippen LogP contribution is 2.39. The Morgan fingerprint density at radius 2 is 1.85 bits per heavy atom. The molecular formula is C27H25N3O3. The van der Waals surface area contributed by atoms with Crippen molar-refractivity contribution < 1.29 is 9.53 Å². The number of methoxy groups -OCH3 is 1. The number of hydrogen-bond acceptors (Lipinski definition) is 4. The van der Waals surface area contributed by atoms with Gasteiger partial charge in [-0.05, 0) is 55.7 Å². The Balaban J connectivity index is 1.52. The van der Waals surface area contributed by atoms with Gasteiger partial charge in [-0.15, -0.1) is 0 Å². The van der Waals surface area contributed by atoms with Crippen molar-refractivity contribution in [1.82, 2.24) is 9.55 Å². The van der Waals surface area contributed by atoms with Gasteiger partial charge in [-0.25, -0.2) is 4.98 Å². The zero-order valence-corrected chi connectivity index (χ0v) is 18.7. The summed E-state index contributed by atoms with van der Waals surface area (Å²) in [5, 5.41) is 3.37. The summed E-state index contributed by atoms with van der Waals surface area (Å²) in [5.74, 6) is 1.37. The zero-order valence-electron chi connectivity index (χ0n) is 18.7. The molecule has 166 valence electrons. The summed E-state index contributed by atoms with van der Waals surface area (Å²) in [6, 6.07) is 20.5. The number of benzene rings is 3. The quantitative estimate of drug-likeness (QED) is 0.464. The van der Waals surface area contributed by atoms with E-state index in [1.165, 1.54) is 12.7 Å². The lowest BCUT2D eigenvalue weighted by atomic mass is 10.1. The van der Waals surface area contributed by atoms with Crippen LogP contribution in [0.5, 0.6) is 5.75 Å². The van der Waals surface area contributed by atoms with Crippen LogP contribution in [0.25, 0.3) is 10.9 Å². The molecule has 0 atom stereocenters. The number of amides is 1. The molecule has 1 N–H and O–H groups in total. The molecule has 0 saturated heterocycles. The second-order valence-corrected chi connectivity index (χ2v) is 8.51. The third-order valence-electron chi connectivity index (χ3n) is 6.00. The maximum atomic E-state index is 13.6. The normalized spacial score (nSPS) is 13.2. The lowest BCUT2D eigenvalue weighted by Crippen LogP contribution is -2.26. The minimum atomic E-state index is -0.297. The minimum Gasteiger partial charge on any atom is -0.496 e. The van der Waals surface area contributed by atoms with Crippen molar-refractivity contribution in [2.24, 2.45) is 0 Å². The van der Waals surface area contributed by atoms with Crippen molar-refractivity contribution in [3.63, 3.8) is 0 Å². The maximum Gasteiger partial charge on any atom is 0.261 e. The van der Waals surface area contributed by atoms with Crippen LogP contribution in [0.15, 0.2) is 71.5 Å². The Kier molecular flexibility index (Phi) is 5.42. The number of anilines is 1. The Hall–Kier alpha value is -3.93. The summed E-state index contributed by atoms with van der Waals surface area (Å²) in [6.45, 7) is 2.52. The third kappa shape index (κ3) is 4.24. The highest BCUT2D eigenvalue weighted by atomic mass is 16.5. The van der Waals surface area contributed by atoms with E-state index in [1.807, 2.05) is 25.1 Å². The summed E-state index contributed by atoms with van der Waals surface area (Å²) in [7, 11) is 1.53. The number of aromatic nitrogens is 2. The van der Waals surface area contributed by atoms with E-state index >= 15 is 0 Å². The van der Waals surface area contributed by atoms with Gasteiger partial charge in [0.15, 0.2) is 0 Å². The third-order valence-corrected chi connectivity index (χ3v) is 6.00. The Labute approximate surface area is 191 Å². The van der Waals surface area contributed by atoms with Crippen LogP contribution < -0.4 is 15.6 Å². The van der Waals surface area contributed by atoms with Crippen LogP contribution in [-0.2, 0) is 6.54 Å². The molecule has 0 radical (unpaired) electrons. The average molecular weight is 440 g/mol. The number of aryl methyl sites for hydroxylation is 1. The molecule has 0 aliphatic heterocycles. The Bertz CT molecular complexity index is 1400. The minimum absolute atomic E-state index is 0.0872. The molecule has 3 aromatic carbocycles. The van der Waals surface area contributed by atoms with Crippen molar-refractivity contribution in [2.45, 2.75) is 32.2 Å². The van der Waals surface area contributed by atoms with E-state index in [0.717, 1.165) is 24.2 Å². The van der Waals surface area contributed by atoms with Crippen molar-refractivity contribution in [3.05, 3.63) is 99.6 Å². The van der Waals surface area contributed by atoms with E-state index in [1.54, 1.807) is 41.0 Å². The highest BCUT2D eigenvalue weighted by Gasteiger charge is 2.29. The number of ether oxygens (including phenoxy) is 1. The predicted octanol–water partition coefficient (Wildman–Crippen LogP) is 4.89. The molecule has 6 nitrogen and oxygen atoms in total. The molecule has 1 aromatic heterocycles. The van der Waals surface area contributed by atoms with Gasteiger partial charge in [-0.2, -0.15) is 0 Å². The standard InChI is InChI=1S/C27H25N3O3/c1-17-7-9-18(10-8-17)16-30-25(19-11-12-19)29-23-14-13-20(15-22(23)27(30)32)28-26(31)21-5-3-4-6-24(21)33-2/h3-10,13-15,19H,11-12,16H2,1-2H3,(H,28,31). The highest BCUT2D eigenvalue weighted by molar-refractivity contribution is 6.06. The van der Waals surface area contributed by atoms with Crippen LogP contribution in [-0.4, -0.2) is 22.6 Å². The first-order valence-corrected chi connectivity index (χ1v) is 11.1. The number of rotatable bonds is 6. The molecule has 1 heterocycles. The van der Waals surface area contributed by atoms with Crippen molar-refractivity contribution in [1.29, 1.82) is 0 Å². The average Bonchev–Trinajstić information content (AvgIpc) is 3.67. The van der Waals surface area contributed by atoms with Gasteiger partial charge in [0, 0.05) is 11.6 Å². The molecule has 33 heavy (non-hydrogen) atoms. The van der Waals surface area contributed by atoms with Gasteiger partial charge >= 0.3 is 0 Å². The number of nitrogens with one attached hydrogen (secondary N) is 1. The van der Waals surface area contributed by atoms with E-state index in [2.05, 4.69) is 17.4 Å². The molecule has 1 aliphatic rings. The largest absolute Gasteiger partial charge is 0.496 e. The number of carbonyl (C=O) groups is 1.